The molecule has 1 saturated heterocycles. The minimum absolute atomic E-state index is 0.000125. The molecular weight excluding hydrogens is 560 g/mol. The molecule has 0 aliphatic carbocycles. The standard InChI is InChI=1S/C31H28N2O8S/c1-15-10-17-11-16(6-9-21(17)41-15)27(34)25-26(18-12-22(38-3)29(40-5)23(13-18)39-4)33(30(36)28(25)35)31-32-20-8-7-19(37-2)14-24(20)42-31/h6-9,11-15,26,34H,10H2,1-5H3/b27-25+/t15-,26-/m0/s1. The Hall–Kier alpha value is -4.77. The van der Waals surface area contributed by atoms with Crippen molar-refractivity contribution >= 4 is 44.1 Å². The zero-order valence-electron chi connectivity index (χ0n) is 23.6. The van der Waals surface area contributed by atoms with Crippen molar-refractivity contribution in [2.24, 2.45) is 0 Å². The monoisotopic (exact) mass is 588 g/mol. The minimum Gasteiger partial charge on any atom is -0.507 e. The molecule has 2 aliphatic rings. The number of aliphatic hydroxyl groups excluding tert-OH is 1. The van der Waals surface area contributed by atoms with Gasteiger partial charge in [0.1, 0.15) is 23.4 Å². The van der Waals surface area contributed by atoms with Crippen LogP contribution >= 0.6 is 11.3 Å². The zero-order chi connectivity index (χ0) is 29.7. The first-order chi connectivity index (χ1) is 20.3. The number of fused-ring (bicyclic) bond motifs is 2. The van der Waals surface area contributed by atoms with Crippen molar-refractivity contribution in [1.82, 2.24) is 4.98 Å². The van der Waals surface area contributed by atoms with E-state index in [4.69, 9.17) is 23.7 Å². The van der Waals surface area contributed by atoms with Gasteiger partial charge >= 0.3 is 5.91 Å². The van der Waals surface area contributed by atoms with Crippen molar-refractivity contribution in [2.45, 2.75) is 25.5 Å². The third-order valence-corrected chi connectivity index (χ3v) is 8.42. The van der Waals surface area contributed by atoms with Gasteiger partial charge in [-0.3, -0.25) is 14.5 Å². The highest BCUT2D eigenvalue weighted by Crippen LogP contribution is 2.48. The van der Waals surface area contributed by atoms with Crippen molar-refractivity contribution in [3.05, 3.63) is 70.8 Å². The number of hydrogen-bond donors (Lipinski definition) is 1. The second-order valence-corrected chi connectivity index (χ2v) is 10.9. The fourth-order valence-electron chi connectivity index (χ4n) is 5.45. The smallest absolute Gasteiger partial charge is 0.301 e. The number of benzene rings is 3. The van der Waals surface area contributed by atoms with Gasteiger partial charge < -0.3 is 28.8 Å². The SMILES string of the molecule is COc1ccc2nc(N3C(=O)C(=O)/C(=C(/O)c4ccc5c(c4)C[C@H](C)O5)[C@@H]3c3cc(OC)c(OC)c(OC)c3)sc2c1. The van der Waals surface area contributed by atoms with E-state index in [1.54, 1.807) is 49.6 Å². The Morgan fingerprint density at radius 1 is 0.976 bits per heavy atom. The average molecular weight is 589 g/mol. The van der Waals surface area contributed by atoms with Crippen molar-refractivity contribution < 1.29 is 38.4 Å². The largest absolute Gasteiger partial charge is 0.507 e. The lowest BCUT2D eigenvalue weighted by Gasteiger charge is -2.24. The molecule has 1 N–H and O–H groups in total. The summed E-state index contributed by atoms with van der Waals surface area (Å²) < 4.78 is 28.6. The summed E-state index contributed by atoms with van der Waals surface area (Å²) in [7, 11) is 6.01. The van der Waals surface area contributed by atoms with Crippen LogP contribution in [-0.2, 0) is 16.0 Å². The molecule has 216 valence electrons. The summed E-state index contributed by atoms with van der Waals surface area (Å²) in [6.07, 6.45) is 0.663. The number of methoxy groups -OCH3 is 4. The molecular formula is C31H28N2O8S. The normalized spacial score (nSPS) is 19.1. The van der Waals surface area contributed by atoms with Gasteiger partial charge in [-0.2, -0.15) is 0 Å². The van der Waals surface area contributed by atoms with Crippen LogP contribution in [0.25, 0.3) is 16.0 Å². The Morgan fingerprint density at radius 3 is 2.38 bits per heavy atom. The number of ether oxygens (including phenoxy) is 5. The highest BCUT2D eigenvalue weighted by Gasteiger charge is 2.49. The summed E-state index contributed by atoms with van der Waals surface area (Å²) in [6, 6.07) is 12.9. The van der Waals surface area contributed by atoms with Crippen LogP contribution < -0.4 is 28.6 Å². The van der Waals surface area contributed by atoms with Crippen LogP contribution in [0.15, 0.2) is 54.1 Å². The molecule has 6 rings (SSSR count). The molecule has 11 heteroatoms. The lowest BCUT2D eigenvalue weighted by Crippen LogP contribution is -2.29. The van der Waals surface area contributed by atoms with Gasteiger partial charge in [0.25, 0.3) is 5.78 Å². The van der Waals surface area contributed by atoms with E-state index < -0.39 is 17.7 Å². The number of hydrogen-bond acceptors (Lipinski definition) is 10. The third-order valence-electron chi connectivity index (χ3n) is 7.41. The highest BCUT2D eigenvalue weighted by atomic mass is 32.1. The number of nitrogens with zero attached hydrogens (tertiary/aromatic N) is 2. The number of Topliss-reactive ketones (excluding diaryl/α,β-unsaturated/α-hetero) is 1. The van der Waals surface area contributed by atoms with Gasteiger partial charge in [-0.1, -0.05) is 11.3 Å². The average Bonchev–Trinajstić information content (AvgIpc) is 3.67. The first kappa shape index (κ1) is 27.4. The Kier molecular flexibility index (Phi) is 6.90. The van der Waals surface area contributed by atoms with Crippen LogP contribution in [0.3, 0.4) is 0 Å². The Balaban J connectivity index is 1.58. The Bertz CT molecular complexity index is 1750. The van der Waals surface area contributed by atoms with Crippen LogP contribution in [0, 0.1) is 0 Å². The van der Waals surface area contributed by atoms with Crippen LogP contribution in [0.4, 0.5) is 5.13 Å². The van der Waals surface area contributed by atoms with Gasteiger partial charge in [-0.15, -0.1) is 0 Å². The number of amides is 1. The molecule has 2 atom stereocenters. The maximum atomic E-state index is 13.8. The second-order valence-electron chi connectivity index (χ2n) is 9.91. The lowest BCUT2D eigenvalue weighted by atomic mass is 9.94. The quantitative estimate of drug-likeness (QED) is 0.175. The molecule has 10 nitrogen and oxygen atoms in total. The van der Waals surface area contributed by atoms with E-state index in [1.807, 2.05) is 13.0 Å². The fraction of sp³-hybridized carbons (Fsp3) is 0.258. The molecule has 2 aliphatic heterocycles. The summed E-state index contributed by atoms with van der Waals surface area (Å²) in [5.41, 5.74) is 2.31. The molecule has 42 heavy (non-hydrogen) atoms. The van der Waals surface area contributed by atoms with E-state index in [9.17, 15) is 14.7 Å². The van der Waals surface area contributed by atoms with Gasteiger partial charge in [0, 0.05) is 12.0 Å². The van der Waals surface area contributed by atoms with Gasteiger partial charge in [0.05, 0.1) is 50.3 Å². The molecule has 0 bridgehead atoms. The van der Waals surface area contributed by atoms with E-state index in [1.165, 1.54) is 37.6 Å². The summed E-state index contributed by atoms with van der Waals surface area (Å²) in [4.78, 5) is 33.5. The molecule has 1 fully saturated rings. The topological polar surface area (TPSA) is 117 Å². The summed E-state index contributed by atoms with van der Waals surface area (Å²) in [5, 5.41) is 12.0. The number of aromatic nitrogens is 1. The van der Waals surface area contributed by atoms with Crippen molar-refractivity contribution in [3.63, 3.8) is 0 Å². The van der Waals surface area contributed by atoms with Gasteiger partial charge in [0.15, 0.2) is 16.6 Å². The van der Waals surface area contributed by atoms with Crippen LogP contribution in [0.2, 0.25) is 0 Å². The third kappa shape index (κ3) is 4.37. The molecule has 1 amide bonds. The minimum atomic E-state index is -1.05. The molecule has 0 spiro atoms. The van der Waals surface area contributed by atoms with Crippen LogP contribution in [0.1, 0.15) is 29.7 Å². The number of aliphatic hydroxyl groups is 1. The molecule has 3 aromatic carbocycles. The van der Waals surface area contributed by atoms with Crippen molar-refractivity contribution in [3.8, 4) is 28.7 Å². The van der Waals surface area contributed by atoms with Crippen LogP contribution in [0.5, 0.6) is 28.7 Å². The molecule has 3 heterocycles. The Morgan fingerprint density at radius 2 is 1.71 bits per heavy atom. The first-order valence-electron chi connectivity index (χ1n) is 13.1. The second kappa shape index (κ2) is 10.6. The van der Waals surface area contributed by atoms with E-state index in [0.717, 1.165) is 16.0 Å². The van der Waals surface area contributed by atoms with E-state index in [0.29, 0.717) is 46.1 Å². The number of carbonyl (C=O) groups is 2. The zero-order valence-corrected chi connectivity index (χ0v) is 24.4. The summed E-state index contributed by atoms with van der Waals surface area (Å²) >= 11 is 1.24. The predicted molar refractivity (Wildman–Crippen MR) is 157 cm³/mol. The number of anilines is 1. The highest BCUT2D eigenvalue weighted by molar-refractivity contribution is 7.22. The number of thiazole rings is 1. The van der Waals surface area contributed by atoms with E-state index in [2.05, 4.69) is 4.98 Å². The fourth-order valence-corrected chi connectivity index (χ4v) is 6.47. The molecule has 0 saturated carbocycles. The van der Waals surface area contributed by atoms with E-state index >= 15 is 0 Å². The molecule has 0 radical (unpaired) electrons. The van der Waals surface area contributed by atoms with Crippen molar-refractivity contribution in [1.29, 1.82) is 0 Å². The van der Waals surface area contributed by atoms with Crippen LogP contribution in [-0.4, -0.2) is 56.3 Å². The number of rotatable bonds is 7. The maximum Gasteiger partial charge on any atom is 0.301 e. The molecule has 0 unspecified atom stereocenters. The van der Waals surface area contributed by atoms with Gasteiger partial charge in [0.2, 0.25) is 5.75 Å². The number of ketones is 1. The van der Waals surface area contributed by atoms with E-state index in [-0.39, 0.29) is 22.6 Å². The first-order valence-corrected chi connectivity index (χ1v) is 13.9. The lowest BCUT2D eigenvalue weighted by molar-refractivity contribution is -0.132. The van der Waals surface area contributed by atoms with Crippen molar-refractivity contribution in [2.75, 3.05) is 33.3 Å². The summed E-state index contributed by atoms with van der Waals surface area (Å²) in [6.45, 7) is 1.96. The predicted octanol–water partition coefficient (Wildman–Crippen LogP) is 5.28. The molecule has 1 aromatic heterocycles. The van der Waals surface area contributed by atoms with Gasteiger partial charge in [-0.25, -0.2) is 4.98 Å². The Labute approximate surface area is 245 Å². The molecule has 4 aromatic rings. The van der Waals surface area contributed by atoms with Gasteiger partial charge in [-0.05, 0) is 66.6 Å². The maximum absolute atomic E-state index is 13.8. The summed E-state index contributed by atoms with van der Waals surface area (Å²) in [5.74, 6) is 0.402. The number of carbonyl (C=O) groups excluding carboxylic acids is 2.